The zero-order valence-electron chi connectivity index (χ0n) is 13.9. The number of halogens is 1. The summed E-state index contributed by atoms with van der Waals surface area (Å²) in [5.41, 5.74) is 3.87. The number of rotatable bonds is 6. The molecule has 2 rings (SSSR count). The summed E-state index contributed by atoms with van der Waals surface area (Å²) >= 11 is 3.28. The summed E-state index contributed by atoms with van der Waals surface area (Å²) in [5, 5.41) is 6.31. The predicted octanol–water partition coefficient (Wildman–Crippen LogP) is 2.12. The highest BCUT2D eigenvalue weighted by Gasteiger charge is 2.08. The minimum absolute atomic E-state index is 0.204. The molecule has 7 nitrogen and oxygen atoms in total. The van der Waals surface area contributed by atoms with Gasteiger partial charge in [-0.15, -0.1) is 0 Å². The molecule has 0 aromatic heterocycles. The second kappa shape index (κ2) is 9.47. The van der Waals surface area contributed by atoms with Gasteiger partial charge in [-0.2, -0.15) is 5.10 Å². The van der Waals surface area contributed by atoms with Crippen molar-refractivity contribution >= 4 is 39.9 Å². The first kappa shape index (κ1) is 19.3. The maximum Gasteiger partial charge on any atom is 0.337 e. The molecule has 0 heterocycles. The van der Waals surface area contributed by atoms with Crippen molar-refractivity contribution in [3.05, 3.63) is 69.7 Å². The lowest BCUT2D eigenvalue weighted by molar-refractivity contribution is -0.120. The number of hydrogen-bond acceptors (Lipinski definition) is 5. The highest BCUT2D eigenvalue weighted by atomic mass is 79.9. The summed E-state index contributed by atoms with van der Waals surface area (Å²) in [4.78, 5) is 35.0. The third-order valence-corrected chi connectivity index (χ3v) is 3.72. The van der Waals surface area contributed by atoms with E-state index in [1.54, 1.807) is 48.5 Å². The van der Waals surface area contributed by atoms with Crippen molar-refractivity contribution in [1.82, 2.24) is 10.7 Å². The van der Waals surface area contributed by atoms with Gasteiger partial charge in [-0.1, -0.05) is 34.1 Å². The topological polar surface area (TPSA) is 96.9 Å². The number of hydrogen-bond donors (Lipinski definition) is 2. The predicted molar refractivity (Wildman–Crippen MR) is 100.0 cm³/mol. The quantitative estimate of drug-likeness (QED) is 0.427. The average molecular weight is 418 g/mol. The second-order valence-corrected chi connectivity index (χ2v) is 6.02. The van der Waals surface area contributed by atoms with Gasteiger partial charge in [0.15, 0.2) is 0 Å². The van der Waals surface area contributed by atoms with Crippen LogP contribution in [0.5, 0.6) is 0 Å². The molecule has 0 bridgehead atoms. The Labute approximate surface area is 158 Å². The van der Waals surface area contributed by atoms with Crippen LogP contribution in [0.25, 0.3) is 0 Å². The number of carbonyl (C=O) groups excluding carboxylic acids is 3. The summed E-state index contributed by atoms with van der Waals surface area (Å²) in [6.45, 7) is -0.204. The van der Waals surface area contributed by atoms with E-state index in [-0.39, 0.29) is 12.5 Å². The molecule has 0 unspecified atom stereocenters. The third kappa shape index (κ3) is 5.82. The van der Waals surface area contributed by atoms with Crippen LogP contribution >= 0.6 is 15.9 Å². The van der Waals surface area contributed by atoms with E-state index >= 15 is 0 Å². The van der Waals surface area contributed by atoms with Crippen molar-refractivity contribution in [3.8, 4) is 0 Å². The Bertz CT molecular complexity index is 835. The van der Waals surface area contributed by atoms with Crippen molar-refractivity contribution in [2.75, 3.05) is 13.7 Å². The highest BCUT2D eigenvalue weighted by Crippen LogP contribution is 2.11. The molecule has 2 amide bonds. The summed E-state index contributed by atoms with van der Waals surface area (Å²) in [5.74, 6) is -1.25. The van der Waals surface area contributed by atoms with Crippen LogP contribution in [-0.4, -0.2) is 37.7 Å². The number of benzene rings is 2. The Morgan fingerprint density at radius 2 is 1.85 bits per heavy atom. The minimum Gasteiger partial charge on any atom is -0.465 e. The lowest BCUT2D eigenvalue weighted by Crippen LogP contribution is -2.34. The Balaban J connectivity index is 1.80. The van der Waals surface area contributed by atoms with E-state index in [0.717, 1.165) is 4.47 Å². The van der Waals surface area contributed by atoms with E-state index in [2.05, 4.69) is 36.5 Å². The van der Waals surface area contributed by atoms with Crippen molar-refractivity contribution in [1.29, 1.82) is 0 Å². The van der Waals surface area contributed by atoms with Gasteiger partial charge in [-0.3, -0.25) is 9.59 Å². The largest absolute Gasteiger partial charge is 0.465 e. The highest BCUT2D eigenvalue weighted by molar-refractivity contribution is 9.10. The molecule has 0 fully saturated rings. The molecule has 26 heavy (non-hydrogen) atoms. The van der Waals surface area contributed by atoms with E-state index in [1.165, 1.54) is 13.3 Å². The van der Waals surface area contributed by atoms with Crippen LogP contribution in [0.2, 0.25) is 0 Å². The van der Waals surface area contributed by atoms with Crippen LogP contribution in [0.4, 0.5) is 0 Å². The zero-order valence-corrected chi connectivity index (χ0v) is 15.4. The standard InChI is InChI=1S/C18H16BrN3O4/c1-26-18(25)13-7-5-12(6-8-13)10-21-22-16(23)11-20-17(24)14-3-2-4-15(19)9-14/h2-10H,11H2,1H3,(H,20,24)(H,22,23)/b21-10-. The van der Waals surface area contributed by atoms with Gasteiger partial charge in [0, 0.05) is 10.0 Å². The lowest BCUT2D eigenvalue weighted by Gasteiger charge is -2.04. The summed E-state index contributed by atoms with van der Waals surface area (Å²) < 4.78 is 5.38. The Morgan fingerprint density at radius 1 is 1.12 bits per heavy atom. The number of esters is 1. The van der Waals surface area contributed by atoms with E-state index in [4.69, 9.17) is 0 Å². The lowest BCUT2D eigenvalue weighted by atomic mass is 10.1. The van der Waals surface area contributed by atoms with Gasteiger partial charge in [0.1, 0.15) is 0 Å². The molecule has 0 spiro atoms. The van der Waals surface area contributed by atoms with Crippen LogP contribution < -0.4 is 10.7 Å². The van der Waals surface area contributed by atoms with Crippen LogP contribution in [0.1, 0.15) is 26.3 Å². The normalized spacial score (nSPS) is 10.4. The fourth-order valence-electron chi connectivity index (χ4n) is 1.93. The number of nitrogens with zero attached hydrogens (tertiary/aromatic N) is 1. The molecular formula is C18H16BrN3O4. The van der Waals surface area contributed by atoms with E-state index in [0.29, 0.717) is 16.7 Å². The van der Waals surface area contributed by atoms with Crippen LogP contribution in [0.3, 0.4) is 0 Å². The number of ether oxygens (including phenoxy) is 1. The molecule has 0 saturated heterocycles. The Hall–Kier alpha value is -3.00. The zero-order chi connectivity index (χ0) is 18.9. The maximum absolute atomic E-state index is 11.9. The fourth-order valence-corrected chi connectivity index (χ4v) is 2.33. The van der Waals surface area contributed by atoms with Crippen molar-refractivity contribution in [3.63, 3.8) is 0 Å². The van der Waals surface area contributed by atoms with E-state index in [9.17, 15) is 14.4 Å². The number of nitrogens with one attached hydrogen (secondary N) is 2. The van der Waals surface area contributed by atoms with Crippen molar-refractivity contribution in [2.45, 2.75) is 0 Å². The first-order valence-electron chi connectivity index (χ1n) is 7.53. The molecule has 0 atom stereocenters. The minimum atomic E-state index is -0.462. The van der Waals surface area contributed by atoms with Gasteiger partial charge in [0.05, 0.1) is 25.4 Å². The van der Waals surface area contributed by atoms with Crippen LogP contribution in [0, 0.1) is 0 Å². The van der Waals surface area contributed by atoms with Gasteiger partial charge >= 0.3 is 5.97 Å². The van der Waals surface area contributed by atoms with Crippen LogP contribution in [0.15, 0.2) is 58.1 Å². The first-order valence-corrected chi connectivity index (χ1v) is 8.33. The van der Waals surface area contributed by atoms with Gasteiger partial charge in [-0.05, 0) is 35.9 Å². The Kier molecular flexibility index (Phi) is 7.04. The summed E-state index contributed by atoms with van der Waals surface area (Å²) in [6.07, 6.45) is 1.43. The van der Waals surface area contributed by atoms with E-state index < -0.39 is 11.9 Å². The van der Waals surface area contributed by atoms with E-state index in [1.807, 2.05) is 0 Å². The molecular weight excluding hydrogens is 402 g/mol. The number of methoxy groups -OCH3 is 1. The van der Waals surface area contributed by atoms with Gasteiger partial charge in [-0.25, -0.2) is 10.2 Å². The molecule has 2 N–H and O–H groups in total. The SMILES string of the molecule is COC(=O)c1ccc(/C=N\NC(=O)CNC(=O)c2cccc(Br)c2)cc1. The summed E-state index contributed by atoms with van der Waals surface area (Å²) in [6, 6.07) is 13.3. The number of amides is 2. The number of hydrazone groups is 1. The fraction of sp³-hybridized carbons (Fsp3) is 0.111. The molecule has 0 aliphatic rings. The second-order valence-electron chi connectivity index (χ2n) is 5.10. The monoisotopic (exact) mass is 417 g/mol. The molecule has 2 aromatic carbocycles. The van der Waals surface area contributed by atoms with Crippen molar-refractivity contribution < 1.29 is 19.1 Å². The number of carbonyl (C=O) groups is 3. The maximum atomic E-state index is 11.9. The Morgan fingerprint density at radius 3 is 2.50 bits per heavy atom. The van der Waals surface area contributed by atoms with Gasteiger partial charge in [0.2, 0.25) is 0 Å². The molecule has 2 aromatic rings. The van der Waals surface area contributed by atoms with Crippen LogP contribution in [-0.2, 0) is 9.53 Å². The smallest absolute Gasteiger partial charge is 0.337 e. The average Bonchev–Trinajstić information content (AvgIpc) is 2.66. The third-order valence-electron chi connectivity index (χ3n) is 3.23. The first-order chi connectivity index (χ1) is 12.5. The van der Waals surface area contributed by atoms with Gasteiger partial charge < -0.3 is 10.1 Å². The molecule has 8 heteroatoms. The van der Waals surface area contributed by atoms with Crippen molar-refractivity contribution in [2.24, 2.45) is 5.10 Å². The molecule has 0 radical (unpaired) electrons. The molecule has 0 saturated carbocycles. The van der Waals surface area contributed by atoms with Gasteiger partial charge in [0.25, 0.3) is 11.8 Å². The molecule has 0 aliphatic carbocycles. The molecule has 134 valence electrons. The molecule has 0 aliphatic heterocycles. The summed E-state index contributed by atoms with van der Waals surface area (Å²) in [7, 11) is 1.31.